The Morgan fingerprint density at radius 2 is 1.93 bits per heavy atom. The Kier molecular flexibility index (Phi) is 4.35. The zero-order valence-corrected chi connectivity index (χ0v) is 14.7. The van der Waals surface area contributed by atoms with Gasteiger partial charge in [-0.2, -0.15) is 0 Å². The molecule has 0 radical (unpaired) electrons. The molecule has 1 fully saturated rings. The topological polar surface area (TPSA) is 83.8 Å². The molecule has 2 heterocycles. The second-order valence-electron chi connectivity index (χ2n) is 6.90. The second-order valence-corrected chi connectivity index (χ2v) is 6.90. The molecule has 138 valence electrons. The van der Waals surface area contributed by atoms with E-state index in [1.54, 1.807) is 15.9 Å². The number of amides is 2. The van der Waals surface area contributed by atoms with Crippen LogP contribution in [0.5, 0.6) is 0 Å². The molecule has 0 N–H and O–H groups in total. The van der Waals surface area contributed by atoms with E-state index in [-0.39, 0.29) is 23.9 Å². The molecule has 1 atom stereocenters. The highest BCUT2D eigenvalue weighted by Gasteiger charge is 2.38. The number of nitro benzene ring substituents is 1. The first-order valence-electron chi connectivity index (χ1n) is 8.98. The summed E-state index contributed by atoms with van der Waals surface area (Å²) in [4.78, 5) is 39.5. The van der Waals surface area contributed by atoms with E-state index in [1.807, 2.05) is 30.3 Å². The Morgan fingerprint density at radius 1 is 1.15 bits per heavy atom. The Bertz CT molecular complexity index is 913. The van der Waals surface area contributed by atoms with Gasteiger partial charge in [-0.1, -0.05) is 24.3 Å². The molecule has 27 heavy (non-hydrogen) atoms. The molecular formula is C20H19N3O4. The number of nitro groups is 1. The maximum atomic E-state index is 13.1. The van der Waals surface area contributed by atoms with Crippen LogP contribution in [0.2, 0.25) is 0 Å². The van der Waals surface area contributed by atoms with Gasteiger partial charge in [-0.3, -0.25) is 19.7 Å². The highest BCUT2D eigenvalue weighted by molar-refractivity contribution is 6.05. The van der Waals surface area contributed by atoms with Crippen molar-refractivity contribution in [2.75, 3.05) is 22.9 Å². The van der Waals surface area contributed by atoms with E-state index in [1.165, 1.54) is 12.1 Å². The maximum absolute atomic E-state index is 13.1. The average Bonchev–Trinajstić information content (AvgIpc) is 3.09. The summed E-state index contributed by atoms with van der Waals surface area (Å²) in [7, 11) is 0. The molecule has 0 saturated carbocycles. The van der Waals surface area contributed by atoms with Gasteiger partial charge in [0.05, 0.1) is 16.5 Å². The molecule has 2 aliphatic heterocycles. The number of para-hydroxylation sites is 1. The van der Waals surface area contributed by atoms with Crippen LogP contribution in [0, 0.1) is 16.0 Å². The highest BCUT2D eigenvalue weighted by Crippen LogP contribution is 2.34. The zero-order chi connectivity index (χ0) is 19.0. The third kappa shape index (κ3) is 3.16. The van der Waals surface area contributed by atoms with Crippen molar-refractivity contribution in [3.8, 4) is 0 Å². The van der Waals surface area contributed by atoms with E-state index < -0.39 is 10.8 Å². The van der Waals surface area contributed by atoms with Crippen LogP contribution in [0.15, 0.2) is 48.5 Å². The van der Waals surface area contributed by atoms with Crippen molar-refractivity contribution < 1.29 is 14.5 Å². The van der Waals surface area contributed by atoms with Crippen molar-refractivity contribution in [1.82, 2.24) is 0 Å². The number of benzene rings is 2. The molecule has 0 spiro atoms. The molecule has 0 aliphatic carbocycles. The summed E-state index contributed by atoms with van der Waals surface area (Å²) in [6.07, 6.45) is 1.75. The van der Waals surface area contributed by atoms with Gasteiger partial charge in [0.25, 0.3) is 5.69 Å². The minimum absolute atomic E-state index is 0.0261. The number of nitrogens with zero attached hydrogens (tertiary/aromatic N) is 3. The number of fused-ring (bicyclic) bond motifs is 1. The fourth-order valence-corrected chi connectivity index (χ4v) is 3.86. The first-order valence-corrected chi connectivity index (χ1v) is 8.98. The van der Waals surface area contributed by atoms with E-state index in [2.05, 4.69) is 0 Å². The van der Waals surface area contributed by atoms with Gasteiger partial charge in [-0.25, -0.2) is 0 Å². The molecule has 0 aromatic heterocycles. The van der Waals surface area contributed by atoms with Crippen LogP contribution in [-0.2, 0) is 16.0 Å². The van der Waals surface area contributed by atoms with Gasteiger partial charge in [0.15, 0.2) is 0 Å². The number of carbonyl (C=O) groups excluding carboxylic acids is 2. The fraction of sp³-hybridized carbons (Fsp3) is 0.300. The Morgan fingerprint density at radius 3 is 2.67 bits per heavy atom. The fourth-order valence-electron chi connectivity index (χ4n) is 3.86. The third-order valence-corrected chi connectivity index (χ3v) is 5.21. The summed E-state index contributed by atoms with van der Waals surface area (Å²) in [5.74, 6) is -0.651. The van der Waals surface area contributed by atoms with Crippen LogP contribution in [0.25, 0.3) is 0 Å². The van der Waals surface area contributed by atoms with Gasteiger partial charge in [-0.05, 0) is 30.5 Å². The van der Waals surface area contributed by atoms with Crippen LogP contribution in [0.4, 0.5) is 17.1 Å². The number of rotatable bonds is 3. The summed E-state index contributed by atoms with van der Waals surface area (Å²) >= 11 is 0. The lowest BCUT2D eigenvalue weighted by Crippen LogP contribution is -2.40. The van der Waals surface area contributed by atoms with Crippen molar-refractivity contribution in [3.05, 3.63) is 64.2 Å². The standard InChI is InChI=1S/C20H19N3O4/c24-19-11-15(13-22(19)16-6-2-1-3-7-16)20(25)21-10-4-5-14-8-9-17(23(26)27)12-18(14)21/h1-3,6-9,12,15H,4-5,10-11,13H2. The number of aryl methyl sites for hydroxylation is 1. The lowest BCUT2D eigenvalue weighted by molar-refractivity contribution is -0.384. The van der Waals surface area contributed by atoms with Gasteiger partial charge in [0.2, 0.25) is 11.8 Å². The SMILES string of the molecule is O=C1CC(C(=O)N2CCCc3ccc([N+](=O)[O-])cc32)CN1c1ccccc1. The number of hydrogen-bond acceptors (Lipinski definition) is 4. The minimum Gasteiger partial charge on any atom is -0.312 e. The van der Waals surface area contributed by atoms with Crippen LogP contribution in [0.1, 0.15) is 18.4 Å². The van der Waals surface area contributed by atoms with Gasteiger partial charge >= 0.3 is 0 Å². The first kappa shape index (κ1) is 17.2. The predicted octanol–water partition coefficient (Wildman–Crippen LogP) is 2.93. The molecule has 7 nitrogen and oxygen atoms in total. The van der Waals surface area contributed by atoms with E-state index in [0.717, 1.165) is 24.1 Å². The highest BCUT2D eigenvalue weighted by atomic mass is 16.6. The Hall–Kier alpha value is -3.22. The molecule has 1 unspecified atom stereocenters. The smallest absolute Gasteiger partial charge is 0.271 e. The molecule has 2 aromatic carbocycles. The number of hydrogen-bond donors (Lipinski definition) is 0. The minimum atomic E-state index is -0.451. The van der Waals surface area contributed by atoms with E-state index in [0.29, 0.717) is 18.8 Å². The molecule has 2 aromatic rings. The number of anilines is 2. The van der Waals surface area contributed by atoms with E-state index in [4.69, 9.17) is 0 Å². The van der Waals surface area contributed by atoms with Crippen LogP contribution >= 0.6 is 0 Å². The second kappa shape index (κ2) is 6.83. The summed E-state index contributed by atoms with van der Waals surface area (Å²) in [6.45, 7) is 0.853. The largest absolute Gasteiger partial charge is 0.312 e. The summed E-state index contributed by atoms with van der Waals surface area (Å²) in [6, 6.07) is 14.0. The number of carbonyl (C=O) groups is 2. The summed E-state index contributed by atoms with van der Waals surface area (Å²) in [5.41, 5.74) is 2.30. The van der Waals surface area contributed by atoms with Crippen molar-refractivity contribution in [3.63, 3.8) is 0 Å². The van der Waals surface area contributed by atoms with Gasteiger partial charge < -0.3 is 9.80 Å². The normalized spacial score (nSPS) is 19.1. The molecule has 2 amide bonds. The third-order valence-electron chi connectivity index (χ3n) is 5.21. The Balaban J connectivity index is 1.59. The quantitative estimate of drug-likeness (QED) is 0.618. The van der Waals surface area contributed by atoms with E-state index in [9.17, 15) is 19.7 Å². The van der Waals surface area contributed by atoms with Crippen molar-refractivity contribution in [2.24, 2.45) is 5.92 Å². The van der Waals surface area contributed by atoms with Gasteiger partial charge in [0, 0.05) is 37.3 Å². The van der Waals surface area contributed by atoms with Crippen molar-refractivity contribution in [2.45, 2.75) is 19.3 Å². The summed E-state index contributed by atoms with van der Waals surface area (Å²) < 4.78 is 0. The monoisotopic (exact) mass is 365 g/mol. The summed E-state index contributed by atoms with van der Waals surface area (Å²) in [5, 5.41) is 11.1. The van der Waals surface area contributed by atoms with Gasteiger partial charge in [0.1, 0.15) is 0 Å². The molecule has 0 bridgehead atoms. The first-order chi connectivity index (χ1) is 13.0. The molecule has 2 aliphatic rings. The van der Waals surface area contributed by atoms with Crippen LogP contribution < -0.4 is 9.80 Å². The predicted molar refractivity (Wildman–Crippen MR) is 101 cm³/mol. The van der Waals surface area contributed by atoms with E-state index >= 15 is 0 Å². The lowest BCUT2D eigenvalue weighted by Gasteiger charge is -2.31. The molecular weight excluding hydrogens is 346 g/mol. The van der Waals surface area contributed by atoms with Crippen LogP contribution in [0.3, 0.4) is 0 Å². The maximum Gasteiger partial charge on any atom is 0.271 e. The van der Waals surface area contributed by atoms with Gasteiger partial charge in [-0.15, -0.1) is 0 Å². The van der Waals surface area contributed by atoms with Crippen LogP contribution in [-0.4, -0.2) is 29.8 Å². The average molecular weight is 365 g/mol. The lowest BCUT2D eigenvalue weighted by atomic mass is 9.98. The molecule has 4 rings (SSSR count). The molecule has 7 heteroatoms. The Labute approximate surface area is 156 Å². The van der Waals surface area contributed by atoms with Crippen molar-refractivity contribution >= 4 is 28.9 Å². The number of non-ortho nitro benzene ring substituents is 1. The van der Waals surface area contributed by atoms with Crippen molar-refractivity contribution in [1.29, 1.82) is 0 Å². The zero-order valence-electron chi connectivity index (χ0n) is 14.7. The molecule has 1 saturated heterocycles.